The molecule has 0 bridgehead atoms. The van der Waals surface area contributed by atoms with Crippen molar-refractivity contribution in [3.05, 3.63) is 35.7 Å². The third kappa shape index (κ3) is 31.5. The van der Waals surface area contributed by atoms with Crippen LogP contribution in [0.1, 0.15) is 187 Å². The number of carboxylic acids is 1. The number of carbonyl (C=O) groups excluding carboxylic acids is 13. The Labute approximate surface area is 803 Å². The van der Waals surface area contributed by atoms with Crippen LogP contribution in [0.25, 0.3) is 6.08 Å². The molecule has 13 amide bonds. The molecule has 0 spiro atoms. The highest BCUT2D eigenvalue weighted by molar-refractivity contribution is 7.99. The van der Waals surface area contributed by atoms with E-state index in [1.165, 1.54) is 55.0 Å². The molecule has 49 nitrogen and oxygen atoms in total. The van der Waals surface area contributed by atoms with E-state index in [1.807, 2.05) is 0 Å². The normalized spacial score (nSPS) is 20.0. The van der Waals surface area contributed by atoms with Crippen LogP contribution in [0, 0.1) is 44.3 Å². The van der Waals surface area contributed by atoms with Crippen molar-refractivity contribution in [2.75, 3.05) is 77.7 Å². The fraction of sp³-hybridized carbons (Fsp3) is 0.659. The van der Waals surface area contributed by atoms with Crippen LogP contribution < -0.4 is 115 Å². The lowest BCUT2D eigenvalue weighted by molar-refractivity contribution is -0.356. The number of aliphatic carboxylic acids is 1. The summed E-state index contributed by atoms with van der Waals surface area (Å²) in [5, 5.41) is 94.6. The molecule has 7 aliphatic rings. The number of nitrogens with one attached hydrogen (secondary N) is 20. The van der Waals surface area contributed by atoms with Gasteiger partial charge in [0, 0.05) is 107 Å². The van der Waals surface area contributed by atoms with Crippen LogP contribution in [0.3, 0.4) is 0 Å². The summed E-state index contributed by atoms with van der Waals surface area (Å²) in [6.07, 6.45) is 9.08. The van der Waals surface area contributed by atoms with Gasteiger partial charge in [-0.3, -0.25) is 94.8 Å². The Bertz CT molecular complexity index is 4700. The Morgan fingerprint density at radius 3 is 1.20 bits per heavy atom. The Balaban J connectivity index is 0.945. The molecule has 35 N–H and O–H groups in total. The minimum Gasteiger partial charge on any atom is -0.480 e. The summed E-state index contributed by atoms with van der Waals surface area (Å²) in [5.41, 5.74) is 40.1. The van der Waals surface area contributed by atoms with Gasteiger partial charge in [0.05, 0.1) is 6.04 Å². The molecule has 1 aromatic heterocycles. The van der Waals surface area contributed by atoms with Crippen LogP contribution in [0.4, 0.5) is 8.63 Å². The van der Waals surface area contributed by atoms with Gasteiger partial charge >= 0.3 is 12.9 Å². The highest BCUT2D eigenvalue weighted by Crippen LogP contribution is 2.36. The van der Waals surface area contributed by atoms with E-state index in [0.717, 1.165) is 20.7 Å². The van der Waals surface area contributed by atoms with Gasteiger partial charge in [0.2, 0.25) is 76.8 Å². The van der Waals surface area contributed by atoms with Gasteiger partial charge in [0.15, 0.2) is 41.5 Å². The van der Waals surface area contributed by atoms with Gasteiger partial charge in [0.1, 0.15) is 84.8 Å². The van der Waals surface area contributed by atoms with E-state index < -0.39 is 180 Å². The summed E-state index contributed by atoms with van der Waals surface area (Å²) in [6.45, 7) is 3.47. The summed E-state index contributed by atoms with van der Waals surface area (Å²) in [4.78, 5) is 212. The van der Waals surface area contributed by atoms with Gasteiger partial charge in [0.25, 0.3) is 0 Å². The average molecular weight is 1960 g/mol. The Morgan fingerprint density at radius 2 is 0.790 bits per heavy atom. The van der Waals surface area contributed by atoms with Gasteiger partial charge in [-0.1, -0.05) is 34.1 Å². The van der Waals surface area contributed by atoms with Gasteiger partial charge < -0.3 is 162 Å². The Morgan fingerprint density at radius 1 is 0.449 bits per heavy atom. The molecule has 138 heavy (non-hydrogen) atoms. The lowest BCUT2D eigenvalue weighted by Crippen LogP contribution is -2.61. The first-order valence-electron chi connectivity index (χ1n) is 47.3. The van der Waals surface area contributed by atoms with Gasteiger partial charge in [-0.15, -0.1) is 11.8 Å². The number of allylic oxidation sites excluding steroid dienone is 2. The maximum atomic E-state index is 15.9. The fourth-order valence-corrected chi connectivity index (χ4v) is 19.2. The molecule has 0 saturated carbocycles. The minimum absolute atomic E-state index is 0.00357. The first-order valence-corrected chi connectivity index (χ1v) is 48.3. The number of likely N-dealkylation sites (tertiary alicyclic amines) is 5. The van der Waals surface area contributed by atoms with Crippen molar-refractivity contribution < 1.29 is 85.3 Å². The van der Waals surface area contributed by atoms with E-state index in [1.54, 1.807) is 33.8 Å². The molecule has 0 aliphatic carbocycles. The molecule has 15 atom stereocenters. The van der Waals surface area contributed by atoms with Crippen LogP contribution in [-0.2, 0) is 67.1 Å². The lowest BCUT2D eigenvalue weighted by Gasteiger charge is -2.34. The molecule has 764 valence electrons. The summed E-state index contributed by atoms with van der Waals surface area (Å²) in [5.74, 6) is -14.4. The van der Waals surface area contributed by atoms with Crippen molar-refractivity contribution in [2.24, 2.45) is 52.0 Å². The maximum absolute atomic E-state index is 15.9. The first kappa shape index (κ1) is 110. The summed E-state index contributed by atoms with van der Waals surface area (Å²) in [6, 6.07) is -15.3. The topological polar surface area (TPSA) is 777 Å². The summed E-state index contributed by atoms with van der Waals surface area (Å²) in [7, 11) is 0. The number of hydrogen-bond acceptors (Lipinski definition) is 22. The molecule has 53 heteroatoms. The van der Waals surface area contributed by atoms with Crippen molar-refractivity contribution in [1.82, 2.24) is 103 Å². The van der Waals surface area contributed by atoms with Crippen LogP contribution >= 0.6 is 11.8 Å². The number of thioether (sulfide) groups is 1. The summed E-state index contributed by atoms with van der Waals surface area (Å²) >= 11 is 0.798. The van der Waals surface area contributed by atoms with Crippen LogP contribution in [0.2, 0.25) is 0 Å². The van der Waals surface area contributed by atoms with Gasteiger partial charge in [-0.05, 0) is 172 Å². The standard InChI is InChI=1S/C85H141BF2N34O15S/c1-5-48(4)65(115-68(125)53(21-8-34-104-82(94)95)108-66(123)51(89)19-6-32-102-80(90)91)73(130)112-56(24-11-37-107-85(100)101)75(132)116-38-13-25-59(116)70(127)111-55(23-10-36-106-84(98)99)76(133)120-42-17-29-63(120)78(135)119-41-16-28-62(119)69(126)109-52(20-7-33-103-81(92)93)67(124)113-57(44-47(2)3)77(134)118-40-15-26-60(118)71(128)110-54(22-9-35-105-83(96)97)74(131)117-39-14-27-61(117)72(129)114-58(79(136)137)46-138-64-31-30-50-45-49-18-12-43-121(49)86(87,88)122(50)64/h12,18,30-31,43,45,47-48,51-63,65H,5-11,13-17,19-29,32-42,44,46,89H2,1-4H3,(H,108,123)(H,109,126)(H,110,128)(H,111,127)(H,112,130)(H,113,124)(H,114,129)(H,115,125)(H,136,137)(H4,90,91,102)(H4,92,93,103)(H4,94,95,104)(H4,96,97,105)(H4,98,99,106)(H4,100,101,107)/t48-,51-,52-,53-,54-,55-,56-,57-,58-,59-,60-,61-,62-,63-,65-/m0/s1. The van der Waals surface area contributed by atoms with E-state index in [0.29, 0.717) is 44.9 Å². The quantitative estimate of drug-likeness (QED) is 0.00952. The number of amides is 13. The zero-order chi connectivity index (χ0) is 101. The highest BCUT2D eigenvalue weighted by atomic mass is 32.2. The molecule has 8 rings (SSSR count). The second-order valence-corrected chi connectivity index (χ2v) is 37.1. The number of aromatic nitrogens is 1. The fourth-order valence-electron chi connectivity index (χ4n) is 18.1. The number of rotatable bonds is 53. The number of hydrogen-bond donors (Lipinski definition) is 28. The molecule has 0 aromatic carbocycles. The van der Waals surface area contributed by atoms with E-state index in [-0.39, 0.29) is 245 Å². The SMILES string of the molecule is CC[C@H](C)[C@H](NC(=O)[C@H](CCCNC(=N)N)NC(=O)[C@@H](N)CCCNC(=N)N)C(=O)N[C@@H](CCCNC(=N)N)C(=O)N1CCC[C@H]1C(=O)N[C@@H](CCCNC(=N)N)C(=O)N1CCC[C@H]1C(=O)N1CCC[C@H]1C(=O)N[C@@H](CCCNC(=N)N)C(=O)N[C@@H](CC(C)C)C(=O)N1CCC[C@H]1C(=O)N[C@@H](CCCNC(=N)N)C(=O)N1CCC[C@H]1C(=O)N[C@@H](CSc1ccc2n1[B-](F)(F)[N+]1=CC=CC1=C2)C(=O)O. The number of fused-ring (bicyclic) bond motifs is 2. The Kier molecular flexibility index (Phi) is 42.3. The molecule has 0 radical (unpaired) electrons. The number of guanidine groups is 6. The number of nitrogens with two attached hydrogens (primary N) is 7. The number of carboxylic acid groups (broad SMARTS) is 1. The highest BCUT2D eigenvalue weighted by Gasteiger charge is 2.52. The van der Waals surface area contributed by atoms with Crippen molar-refractivity contribution in [3.63, 3.8) is 0 Å². The van der Waals surface area contributed by atoms with Crippen molar-refractivity contribution in [2.45, 2.75) is 271 Å². The first-order chi connectivity index (χ1) is 65.5. The molecular weight excluding hydrogens is 1820 g/mol. The zero-order valence-electron chi connectivity index (χ0n) is 78.7. The lowest BCUT2D eigenvalue weighted by atomic mass is 9.92. The van der Waals surface area contributed by atoms with E-state index in [9.17, 15) is 43.5 Å². The number of nitrogens with zero attached hydrogens (tertiary/aromatic N) is 7. The predicted octanol–water partition coefficient (Wildman–Crippen LogP) is -5.27. The third-order valence-corrected chi connectivity index (χ3v) is 26.5. The average Bonchev–Trinajstić information content (AvgIpc) is 1.57. The zero-order valence-corrected chi connectivity index (χ0v) is 79.6. The van der Waals surface area contributed by atoms with Crippen LogP contribution in [0.5, 0.6) is 0 Å². The molecule has 7 aliphatic heterocycles. The monoisotopic (exact) mass is 1960 g/mol. The van der Waals surface area contributed by atoms with E-state index in [4.69, 9.17) is 72.6 Å². The molecular formula is C85H141BF2N34O15S. The third-order valence-electron chi connectivity index (χ3n) is 25.3. The van der Waals surface area contributed by atoms with Gasteiger partial charge in [-0.25, -0.2) is 4.79 Å². The van der Waals surface area contributed by atoms with E-state index in [2.05, 4.69) is 74.4 Å². The van der Waals surface area contributed by atoms with Crippen LogP contribution in [0.15, 0.2) is 35.0 Å². The molecule has 8 heterocycles. The largest absolute Gasteiger partial charge is 0.737 e. The minimum atomic E-state index is -4.35. The van der Waals surface area contributed by atoms with Crippen LogP contribution in [-0.4, -0.2) is 333 Å². The van der Waals surface area contributed by atoms with E-state index >= 15 is 37.4 Å². The molecule has 5 saturated heterocycles. The number of carbonyl (C=O) groups is 14. The molecule has 0 unspecified atom stereocenters. The summed E-state index contributed by atoms with van der Waals surface area (Å²) < 4.78 is 33.5. The second-order valence-electron chi connectivity index (χ2n) is 36.1. The van der Waals surface area contributed by atoms with Crippen molar-refractivity contribution >= 4 is 150 Å². The maximum Gasteiger partial charge on any atom is 0.737 e. The van der Waals surface area contributed by atoms with Crippen molar-refractivity contribution in [1.29, 1.82) is 32.5 Å². The van der Waals surface area contributed by atoms with Crippen molar-refractivity contribution in [3.8, 4) is 0 Å². The Hall–Kier alpha value is -13.1. The van der Waals surface area contributed by atoms with Gasteiger partial charge in [-0.2, -0.15) is 0 Å². The molecule has 5 fully saturated rings. The molecule has 1 aromatic rings. The second kappa shape index (κ2) is 53.0. The smallest absolute Gasteiger partial charge is 0.480 e. The number of halogens is 2. The predicted molar refractivity (Wildman–Crippen MR) is 511 cm³/mol.